The molecule has 0 aromatic heterocycles. The van der Waals surface area contributed by atoms with Crippen molar-refractivity contribution >= 4 is 17.3 Å². The second kappa shape index (κ2) is 5.48. The minimum absolute atomic E-state index is 0.115. The Balaban J connectivity index is 2.31. The number of carbonyl (C=O) groups excluding carboxylic acids is 1. The average molecular weight is 277 g/mol. The molecule has 1 aliphatic rings. The van der Waals surface area contributed by atoms with E-state index < -0.39 is 4.92 Å². The molecule has 1 saturated carbocycles. The largest absolute Gasteiger partial charge is 0.379 e. The number of nitrogens with one attached hydrogen (secondary N) is 2. The van der Waals surface area contributed by atoms with E-state index in [4.69, 9.17) is 0 Å². The topological polar surface area (TPSA) is 84.3 Å². The van der Waals surface area contributed by atoms with Crippen LogP contribution in [0.25, 0.3) is 0 Å². The number of para-hydroxylation sites is 1. The number of nitro groups is 1. The maximum atomic E-state index is 12.2. The molecular weight excluding hydrogens is 258 g/mol. The normalized spacial score (nSPS) is 15.5. The summed E-state index contributed by atoms with van der Waals surface area (Å²) in [5.74, 6) is -0.378. The summed E-state index contributed by atoms with van der Waals surface area (Å²) in [6.45, 7) is 4.54. The Morgan fingerprint density at radius 2 is 2.15 bits per heavy atom. The fraction of sp³-hybridized carbons (Fsp3) is 0.500. The van der Waals surface area contributed by atoms with Gasteiger partial charge in [-0.15, -0.1) is 0 Å². The van der Waals surface area contributed by atoms with E-state index in [1.807, 2.05) is 13.8 Å². The van der Waals surface area contributed by atoms with Gasteiger partial charge < -0.3 is 10.6 Å². The number of rotatable bonds is 6. The summed E-state index contributed by atoms with van der Waals surface area (Å²) in [5, 5.41) is 17.1. The molecule has 20 heavy (non-hydrogen) atoms. The zero-order valence-electron chi connectivity index (χ0n) is 11.7. The average Bonchev–Trinajstić information content (AvgIpc) is 3.12. The van der Waals surface area contributed by atoms with E-state index in [0.717, 1.165) is 19.3 Å². The third-order valence-electron chi connectivity index (χ3n) is 3.44. The summed E-state index contributed by atoms with van der Waals surface area (Å²) >= 11 is 0. The van der Waals surface area contributed by atoms with Crippen molar-refractivity contribution in [1.82, 2.24) is 5.32 Å². The number of benzene rings is 1. The molecule has 0 aliphatic heterocycles. The number of hydrogen-bond acceptors (Lipinski definition) is 4. The van der Waals surface area contributed by atoms with E-state index in [9.17, 15) is 14.9 Å². The Bertz CT molecular complexity index is 538. The van der Waals surface area contributed by atoms with Gasteiger partial charge in [0.25, 0.3) is 5.91 Å². The zero-order chi connectivity index (χ0) is 14.8. The SMILES string of the molecule is CCCNc1cccc(C(=O)NC2(C)CC2)c1[N+](=O)[O-]. The predicted molar refractivity (Wildman–Crippen MR) is 77.0 cm³/mol. The molecule has 0 spiro atoms. The fourth-order valence-electron chi connectivity index (χ4n) is 1.98. The zero-order valence-corrected chi connectivity index (χ0v) is 11.7. The van der Waals surface area contributed by atoms with Gasteiger partial charge in [0.2, 0.25) is 0 Å². The lowest BCUT2D eigenvalue weighted by Crippen LogP contribution is -2.34. The van der Waals surface area contributed by atoms with Crippen molar-refractivity contribution in [2.45, 2.75) is 38.6 Å². The maximum Gasteiger partial charge on any atom is 0.305 e. The summed E-state index contributed by atoms with van der Waals surface area (Å²) in [5.41, 5.74) is 0.162. The van der Waals surface area contributed by atoms with Crippen molar-refractivity contribution in [3.05, 3.63) is 33.9 Å². The van der Waals surface area contributed by atoms with Crippen LogP contribution in [0.2, 0.25) is 0 Å². The molecule has 108 valence electrons. The van der Waals surface area contributed by atoms with Crippen molar-refractivity contribution in [2.24, 2.45) is 0 Å². The van der Waals surface area contributed by atoms with Gasteiger partial charge in [0.1, 0.15) is 11.3 Å². The molecule has 2 rings (SSSR count). The quantitative estimate of drug-likeness (QED) is 0.618. The highest BCUT2D eigenvalue weighted by Crippen LogP contribution is 2.36. The lowest BCUT2D eigenvalue weighted by Gasteiger charge is -2.13. The molecule has 0 unspecified atom stereocenters. The first-order valence-corrected chi connectivity index (χ1v) is 6.80. The van der Waals surface area contributed by atoms with Crippen LogP contribution >= 0.6 is 0 Å². The second-order valence-corrected chi connectivity index (χ2v) is 5.40. The minimum Gasteiger partial charge on any atom is -0.379 e. The van der Waals surface area contributed by atoms with E-state index in [0.29, 0.717) is 12.2 Å². The Hall–Kier alpha value is -2.11. The molecule has 6 nitrogen and oxygen atoms in total. The summed E-state index contributed by atoms with van der Waals surface area (Å²) < 4.78 is 0. The summed E-state index contributed by atoms with van der Waals surface area (Å²) in [4.78, 5) is 23.0. The summed E-state index contributed by atoms with van der Waals surface area (Å²) in [7, 11) is 0. The first kappa shape index (κ1) is 14.3. The number of anilines is 1. The van der Waals surface area contributed by atoms with Crippen LogP contribution in [-0.2, 0) is 0 Å². The Labute approximate surface area is 117 Å². The highest BCUT2D eigenvalue weighted by molar-refractivity contribution is 6.01. The number of nitro benzene ring substituents is 1. The number of nitrogens with zero attached hydrogens (tertiary/aromatic N) is 1. The standard InChI is InChI=1S/C14H19N3O3/c1-3-9-15-11-6-4-5-10(12(11)17(19)20)13(18)16-14(2)7-8-14/h4-6,15H,3,7-9H2,1-2H3,(H,16,18). The highest BCUT2D eigenvalue weighted by atomic mass is 16.6. The van der Waals surface area contributed by atoms with Crippen LogP contribution in [0, 0.1) is 10.1 Å². The van der Waals surface area contributed by atoms with Gasteiger partial charge in [-0.05, 0) is 38.3 Å². The number of carbonyl (C=O) groups is 1. The van der Waals surface area contributed by atoms with E-state index in [-0.39, 0.29) is 22.7 Å². The van der Waals surface area contributed by atoms with Crippen LogP contribution in [-0.4, -0.2) is 22.9 Å². The van der Waals surface area contributed by atoms with Gasteiger partial charge in [-0.25, -0.2) is 0 Å². The van der Waals surface area contributed by atoms with Gasteiger partial charge in [0.15, 0.2) is 0 Å². The van der Waals surface area contributed by atoms with Gasteiger partial charge in [0, 0.05) is 12.1 Å². The predicted octanol–water partition coefficient (Wildman–Crippen LogP) is 2.70. The van der Waals surface area contributed by atoms with Gasteiger partial charge in [-0.3, -0.25) is 14.9 Å². The lowest BCUT2D eigenvalue weighted by atomic mass is 10.1. The second-order valence-electron chi connectivity index (χ2n) is 5.40. The first-order chi connectivity index (χ1) is 9.47. The van der Waals surface area contributed by atoms with Crippen molar-refractivity contribution in [1.29, 1.82) is 0 Å². The molecule has 0 saturated heterocycles. The molecule has 0 radical (unpaired) electrons. The van der Waals surface area contributed by atoms with Crippen molar-refractivity contribution < 1.29 is 9.72 Å². The van der Waals surface area contributed by atoms with Crippen LogP contribution in [0.1, 0.15) is 43.5 Å². The number of amides is 1. The Kier molecular flexibility index (Phi) is 3.92. The molecule has 1 aliphatic carbocycles. The van der Waals surface area contributed by atoms with E-state index in [1.54, 1.807) is 12.1 Å². The number of hydrogen-bond donors (Lipinski definition) is 2. The Morgan fingerprint density at radius 1 is 1.45 bits per heavy atom. The van der Waals surface area contributed by atoms with Gasteiger partial charge in [-0.1, -0.05) is 13.0 Å². The van der Waals surface area contributed by atoms with Crippen LogP contribution in [0.5, 0.6) is 0 Å². The van der Waals surface area contributed by atoms with Crippen LogP contribution in [0.3, 0.4) is 0 Å². The monoisotopic (exact) mass is 277 g/mol. The molecule has 1 amide bonds. The molecule has 1 aromatic carbocycles. The first-order valence-electron chi connectivity index (χ1n) is 6.80. The van der Waals surface area contributed by atoms with Crippen LogP contribution < -0.4 is 10.6 Å². The van der Waals surface area contributed by atoms with Gasteiger partial charge >= 0.3 is 5.69 Å². The van der Waals surface area contributed by atoms with Crippen molar-refractivity contribution in [3.63, 3.8) is 0 Å². The third-order valence-corrected chi connectivity index (χ3v) is 3.44. The molecule has 0 bridgehead atoms. The molecule has 0 atom stereocenters. The fourth-order valence-corrected chi connectivity index (χ4v) is 1.98. The van der Waals surface area contributed by atoms with Crippen molar-refractivity contribution in [3.8, 4) is 0 Å². The van der Waals surface area contributed by atoms with Gasteiger partial charge in [-0.2, -0.15) is 0 Å². The lowest BCUT2D eigenvalue weighted by molar-refractivity contribution is -0.384. The minimum atomic E-state index is -0.498. The molecule has 1 fully saturated rings. The third kappa shape index (κ3) is 3.07. The molecular formula is C14H19N3O3. The van der Waals surface area contributed by atoms with Gasteiger partial charge in [0.05, 0.1) is 4.92 Å². The maximum absolute atomic E-state index is 12.2. The molecule has 2 N–H and O–H groups in total. The van der Waals surface area contributed by atoms with E-state index in [2.05, 4.69) is 10.6 Å². The van der Waals surface area contributed by atoms with Crippen LogP contribution in [0.4, 0.5) is 11.4 Å². The van der Waals surface area contributed by atoms with Crippen LogP contribution in [0.15, 0.2) is 18.2 Å². The Morgan fingerprint density at radius 3 is 2.70 bits per heavy atom. The van der Waals surface area contributed by atoms with E-state index >= 15 is 0 Å². The molecule has 6 heteroatoms. The summed E-state index contributed by atoms with van der Waals surface area (Å²) in [6.07, 6.45) is 2.69. The van der Waals surface area contributed by atoms with Crippen molar-refractivity contribution in [2.75, 3.05) is 11.9 Å². The summed E-state index contributed by atoms with van der Waals surface area (Å²) in [6, 6.07) is 4.79. The molecule has 1 aromatic rings. The highest BCUT2D eigenvalue weighted by Gasteiger charge is 2.40. The van der Waals surface area contributed by atoms with E-state index in [1.165, 1.54) is 6.07 Å². The smallest absolute Gasteiger partial charge is 0.305 e. The molecule has 0 heterocycles.